The molecule has 128 valence electrons. The lowest BCUT2D eigenvalue weighted by molar-refractivity contribution is -0.142. The first-order valence-electron chi connectivity index (χ1n) is 7.38. The first-order chi connectivity index (χ1) is 11.4. The van der Waals surface area contributed by atoms with Crippen molar-refractivity contribution in [2.24, 2.45) is 0 Å². The highest BCUT2D eigenvalue weighted by atomic mass is 31.2. The van der Waals surface area contributed by atoms with Crippen LogP contribution in [0.4, 0.5) is 0 Å². The van der Waals surface area contributed by atoms with Crippen molar-refractivity contribution in [3.63, 3.8) is 0 Å². The fourth-order valence-electron chi connectivity index (χ4n) is 1.90. The van der Waals surface area contributed by atoms with E-state index in [0.29, 0.717) is 11.5 Å². The van der Waals surface area contributed by atoms with Crippen molar-refractivity contribution in [2.75, 3.05) is 7.11 Å². The third kappa shape index (κ3) is 5.11. The van der Waals surface area contributed by atoms with Gasteiger partial charge in [0.1, 0.15) is 17.5 Å². The van der Waals surface area contributed by atoms with Gasteiger partial charge in [0.2, 0.25) is 0 Å². The molecule has 0 spiro atoms. The molecule has 2 rings (SSSR count). The molecular weight excluding hydrogens is 329 g/mol. The van der Waals surface area contributed by atoms with Crippen molar-refractivity contribution in [3.8, 4) is 11.5 Å². The molecule has 0 aromatic heterocycles. The lowest BCUT2D eigenvalue weighted by Crippen LogP contribution is -2.35. The highest BCUT2D eigenvalue weighted by Gasteiger charge is 2.33. The number of para-hydroxylation sites is 1. The van der Waals surface area contributed by atoms with Crippen molar-refractivity contribution in [1.82, 2.24) is 5.09 Å². The monoisotopic (exact) mass is 349 g/mol. The normalized spacial score (nSPS) is 14.3. The summed E-state index contributed by atoms with van der Waals surface area (Å²) >= 11 is 0. The maximum absolute atomic E-state index is 13.1. The van der Waals surface area contributed by atoms with E-state index in [1.165, 1.54) is 14.0 Å². The Labute approximate surface area is 141 Å². The Morgan fingerprint density at radius 2 is 1.54 bits per heavy atom. The van der Waals surface area contributed by atoms with Gasteiger partial charge < -0.3 is 13.8 Å². The van der Waals surface area contributed by atoms with Crippen molar-refractivity contribution in [2.45, 2.75) is 19.9 Å². The summed E-state index contributed by atoms with van der Waals surface area (Å²) < 4.78 is 28.8. The number of benzene rings is 2. The summed E-state index contributed by atoms with van der Waals surface area (Å²) in [6, 6.07) is 14.7. The molecule has 24 heavy (non-hydrogen) atoms. The van der Waals surface area contributed by atoms with Crippen LogP contribution in [0.5, 0.6) is 11.5 Å². The van der Waals surface area contributed by atoms with Crippen molar-refractivity contribution in [3.05, 3.63) is 60.2 Å². The summed E-state index contributed by atoms with van der Waals surface area (Å²) in [7, 11) is -2.60. The van der Waals surface area contributed by atoms with Crippen LogP contribution in [0, 0.1) is 6.92 Å². The molecule has 1 N–H and O–H groups in total. The van der Waals surface area contributed by atoms with Crippen molar-refractivity contribution >= 4 is 13.7 Å². The van der Waals surface area contributed by atoms with Gasteiger partial charge in [-0.2, -0.15) is 5.09 Å². The number of carbonyl (C=O) groups excluding carboxylic acids is 1. The number of ether oxygens (including phenoxy) is 1. The minimum Gasteiger partial charge on any atom is -0.468 e. The van der Waals surface area contributed by atoms with Crippen LogP contribution < -0.4 is 14.1 Å². The number of carbonyl (C=O) groups is 1. The zero-order chi connectivity index (χ0) is 17.6. The molecule has 7 heteroatoms. The van der Waals surface area contributed by atoms with Crippen LogP contribution in [-0.4, -0.2) is 19.1 Å². The van der Waals surface area contributed by atoms with Crippen LogP contribution >= 0.6 is 7.75 Å². The summed E-state index contributed by atoms with van der Waals surface area (Å²) in [6.45, 7) is 3.45. The van der Waals surface area contributed by atoms with E-state index >= 15 is 0 Å². The average Bonchev–Trinajstić information content (AvgIpc) is 2.56. The average molecular weight is 349 g/mol. The van der Waals surface area contributed by atoms with Gasteiger partial charge in [-0.1, -0.05) is 35.9 Å². The third-order valence-electron chi connectivity index (χ3n) is 3.12. The molecule has 0 bridgehead atoms. The van der Waals surface area contributed by atoms with Gasteiger partial charge in [-0.05, 0) is 38.1 Å². The van der Waals surface area contributed by atoms with Crippen LogP contribution in [0.25, 0.3) is 0 Å². The molecule has 0 fully saturated rings. The largest absolute Gasteiger partial charge is 0.513 e. The topological polar surface area (TPSA) is 73.9 Å². The second-order valence-corrected chi connectivity index (χ2v) is 6.80. The molecule has 0 amide bonds. The zero-order valence-electron chi connectivity index (χ0n) is 13.8. The molecule has 6 nitrogen and oxygen atoms in total. The predicted molar refractivity (Wildman–Crippen MR) is 91.1 cm³/mol. The van der Waals surface area contributed by atoms with Crippen LogP contribution in [0.1, 0.15) is 12.5 Å². The molecule has 0 aliphatic heterocycles. The van der Waals surface area contributed by atoms with E-state index in [-0.39, 0.29) is 0 Å². The van der Waals surface area contributed by atoms with Crippen LogP contribution in [0.2, 0.25) is 0 Å². The van der Waals surface area contributed by atoms with Gasteiger partial charge in [-0.15, -0.1) is 0 Å². The third-order valence-corrected chi connectivity index (χ3v) is 4.73. The number of rotatable bonds is 7. The number of esters is 1. The molecule has 1 unspecified atom stereocenters. The molecular formula is C17H20NO5P. The van der Waals surface area contributed by atoms with Crippen molar-refractivity contribution in [1.29, 1.82) is 0 Å². The molecule has 0 heterocycles. The number of aryl methyl sites for hydroxylation is 1. The number of methoxy groups -OCH3 is 1. The Balaban J connectivity index is 2.24. The minimum atomic E-state index is -3.85. The Morgan fingerprint density at radius 3 is 2.08 bits per heavy atom. The van der Waals surface area contributed by atoms with E-state index in [0.717, 1.165) is 5.56 Å². The van der Waals surface area contributed by atoms with E-state index in [4.69, 9.17) is 9.05 Å². The van der Waals surface area contributed by atoms with Crippen LogP contribution in [0.3, 0.4) is 0 Å². The SMILES string of the molecule is COC(=O)[C@H](C)NP(=O)(Oc1ccccc1)Oc1ccc(C)cc1. The van der Waals surface area contributed by atoms with Gasteiger partial charge in [0.05, 0.1) is 7.11 Å². The molecule has 2 aromatic carbocycles. The first-order valence-corrected chi connectivity index (χ1v) is 8.93. The summed E-state index contributed by atoms with van der Waals surface area (Å²) in [4.78, 5) is 11.6. The van der Waals surface area contributed by atoms with Gasteiger partial charge in [0.15, 0.2) is 0 Å². The number of hydrogen-bond acceptors (Lipinski definition) is 5. The number of hydrogen-bond donors (Lipinski definition) is 1. The van der Waals surface area contributed by atoms with Gasteiger partial charge in [-0.3, -0.25) is 4.79 Å². The first kappa shape index (κ1) is 18.0. The van der Waals surface area contributed by atoms with E-state index in [9.17, 15) is 9.36 Å². The Bertz CT molecular complexity index is 718. The van der Waals surface area contributed by atoms with Crippen molar-refractivity contribution < 1.29 is 23.1 Å². The molecule has 0 aliphatic carbocycles. The Morgan fingerprint density at radius 1 is 1.00 bits per heavy atom. The van der Waals surface area contributed by atoms with Crippen LogP contribution in [0.15, 0.2) is 54.6 Å². The Hall–Kier alpha value is -2.30. The van der Waals surface area contributed by atoms with Gasteiger partial charge in [-0.25, -0.2) is 4.57 Å². The second-order valence-electron chi connectivity index (χ2n) is 5.18. The van der Waals surface area contributed by atoms with Gasteiger partial charge in [0, 0.05) is 0 Å². The molecule has 2 atom stereocenters. The molecule has 0 saturated carbocycles. The fourth-order valence-corrected chi connectivity index (χ4v) is 3.42. The predicted octanol–water partition coefficient (Wildman–Crippen LogP) is 3.71. The highest BCUT2D eigenvalue weighted by molar-refractivity contribution is 7.52. The summed E-state index contributed by atoms with van der Waals surface area (Å²) in [5.74, 6) is 0.154. The standard InChI is InChI=1S/C17H20NO5P/c1-13-9-11-16(12-10-13)23-24(20,18-14(2)17(19)21-3)22-15-7-5-4-6-8-15/h4-12,14H,1-3H3,(H,18,20)/t14-,24?/m0/s1. The van der Waals surface area contributed by atoms with E-state index < -0.39 is 19.8 Å². The molecule has 2 aromatic rings. The zero-order valence-corrected chi connectivity index (χ0v) is 14.7. The maximum Gasteiger partial charge on any atom is 0.513 e. The van der Waals surface area contributed by atoms with Gasteiger partial charge in [0.25, 0.3) is 0 Å². The minimum absolute atomic E-state index is 0.359. The maximum atomic E-state index is 13.1. The van der Waals surface area contributed by atoms with E-state index in [2.05, 4.69) is 9.82 Å². The van der Waals surface area contributed by atoms with Crippen LogP contribution in [-0.2, 0) is 14.1 Å². The van der Waals surface area contributed by atoms with E-state index in [1.807, 2.05) is 25.1 Å². The summed E-state index contributed by atoms with van der Waals surface area (Å²) in [6.07, 6.45) is 0. The number of nitrogens with one attached hydrogen (secondary N) is 1. The van der Waals surface area contributed by atoms with Gasteiger partial charge >= 0.3 is 13.7 Å². The lowest BCUT2D eigenvalue weighted by Gasteiger charge is -2.22. The fraction of sp³-hybridized carbons (Fsp3) is 0.235. The summed E-state index contributed by atoms with van der Waals surface area (Å²) in [5.41, 5.74) is 1.04. The highest BCUT2D eigenvalue weighted by Crippen LogP contribution is 2.45. The Kier molecular flexibility index (Phi) is 6.01. The van der Waals surface area contributed by atoms with E-state index in [1.54, 1.807) is 36.4 Å². The lowest BCUT2D eigenvalue weighted by atomic mass is 10.2. The molecule has 0 radical (unpaired) electrons. The smallest absolute Gasteiger partial charge is 0.468 e. The second kappa shape index (κ2) is 7.99. The molecule has 0 saturated heterocycles. The molecule has 0 aliphatic rings. The summed E-state index contributed by atoms with van der Waals surface area (Å²) in [5, 5.41) is 2.59. The quantitative estimate of drug-likeness (QED) is 0.607.